The average Bonchev–Trinajstić information content (AvgIpc) is 2.60. The number of nitrogens with two attached hydrogens (primary N) is 1. The molecule has 1 aromatic heterocycles. The number of nitrogens with one attached hydrogen (secondary N) is 1. The van der Waals surface area contributed by atoms with Gasteiger partial charge in [-0.25, -0.2) is 0 Å². The number of aryl methyl sites for hydroxylation is 1. The van der Waals surface area contributed by atoms with Crippen LogP contribution in [-0.2, 0) is 12.8 Å². The van der Waals surface area contributed by atoms with E-state index in [0.717, 1.165) is 18.5 Å². The van der Waals surface area contributed by atoms with Gasteiger partial charge in [-0.15, -0.1) is 0 Å². The molecule has 2 rings (SSSR count). The van der Waals surface area contributed by atoms with Crippen molar-refractivity contribution < 1.29 is 5.11 Å². The molecular formula is C9H15N3O. The Kier molecular flexibility index (Phi) is 2.33. The Labute approximate surface area is 77.1 Å². The van der Waals surface area contributed by atoms with Crippen molar-refractivity contribution in [2.75, 3.05) is 6.61 Å². The fourth-order valence-corrected chi connectivity index (χ4v) is 1.90. The van der Waals surface area contributed by atoms with Gasteiger partial charge in [-0.3, -0.25) is 5.10 Å². The van der Waals surface area contributed by atoms with Crippen molar-refractivity contribution in [3.05, 3.63) is 17.0 Å². The van der Waals surface area contributed by atoms with Gasteiger partial charge in [0.15, 0.2) is 0 Å². The molecule has 0 aromatic carbocycles. The van der Waals surface area contributed by atoms with Crippen molar-refractivity contribution in [3.8, 4) is 0 Å². The van der Waals surface area contributed by atoms with Crippen molar-refractivity contribution in [3.63, 3.8) is 0 Å². The molecule has 0 saturated carbocycles. The van der Waals surface area contributed by atoms with Crippen LogP contribution in [0.3, 0.4) is 0 Å². The summed E-state index contributed by atoms with van der Waals surface area (Å²) in [5.74, 6) is 0. The van der Waals surface area contributed by atoms with Gasteiger partial charge in [0.25, 0.3) is 0 Å². The number of aromatic amines is 1. The first kappa shape index (κ1) is 8.72. The predicted octanol–water partition coefficient (Wildman–Crippen LogP) is 0.281. The summed E-state index contributed by atoms with van der Waals surface area (Å²) in [6, 6.07) is -0.321. The number of rotatable bonds is 2. The fourth-order valence-electron chi connectivity index (χ4n) is 1.90. The number of aromatic nitrogens is 2. The SMILES string of the molecule is N[C@@H](CO)c1n[nH]c2c1CCCC2. The second-order valence-corrected chi connectivity index (χ2v) is 3.56. The average molecular weight is 181 g/mol. The summed E-state index contributed by atoms with van der Waals surface area (Å²) in [4.78, 5) is 0. The predicted molar refractivity (Wildman–Crippen MR) is 49.2 cm³/mol. The normalized spacial score (nSPS) is 18.3. The molecule has 0 bridgehead atoms. The van der Waals surface area contributed by atoms with Gasteiger partial charge in [0.2, 0.25) is 0 Å². The second kappa shape index (κ2) is 3.47. The van der Waals surface area contributed by atoms with Crippen molar-refractivity contribution in [2.45, 2.75) is 31.7 Å². The van der Waals surface area contributed by atoms with Crippen LogP contribution in [0, 0.1) is 0 Å². The number of aliphatic hydroxyl groups excluding tert-OH is 1. The lowest BCUT2D eigenvalue weighted by molar-refractivity contribution is 0.265. The third-order valence-corrected chi connectivity index (χ3v) is 2.64. The van der Waals surface area contributed by atoms with Crippen LogP contribution in [0.1, 0.15) is 35.8 Å². The van der Waals surface area contributed by atoms with Crippen LogP contribution in [-0.4, -0.2) is 21.9 Å². The van der Waals surface area contributed by atoms with Crippen LogP contribution in [0.5, 0.6) is 0 Å². The molecule has 4 heteroatoms. The number of nitrogens with zero attached hydrogens (tertiary/aromatic N) is 1. The minimum atomic E-state index is -0.321. The Balaban J connectivity index is 2.31. The van der Waals surface area contributed by atoms with E-state index in [1.807, 2.05) is 0 Å². The summed E-state index contributed by atoms with van der Waals surface area (Å²) in [5, 5.41) is 16.1. The zero-order chi connectivity index (χ0) is 9.26. The Hall–Kier alpha value is -0.870. The first-order chi connectivity index (χ1) is 6.33. The summed E-state index contributed by atoms with van der Waals surface area (Å²) in [7, 11) is 0. The van der Waals surface area contributed by atoms with Crippen molar-refractivity contribution in [1.82, 2.24) is 10.2 Å². The van der Waals surface area contributed by atoms with E-state index in [4.69, 9.17) is 10.8 Å². The molecule has 1 aliphatic rings. The van der Waals surface area contributed by atoms with Gasteiger partial charge in [-0.1, -0.05) is 0 Å². The van der Waals surface area contributed by atoms with Crippen LogP contribution >= 0.6 is 0 Å². The second-order valence-electron chi connectivity index (χ2n) is 3.56. The van der Waals surface area contributed by atoms with E-state index in [0.29, 0.717) is 0 Å². The highest BCUT2D eigenvalue weighted by Gasteiger charge is 2.20. The van der Waals surface area contributed by atoms with Gasteiger partial charge < -0.3 is 10.8 Å². The highest BCUT2D eigenvalue weighted by atomic mass is 16.3. The van der Waals surface area contributed by atoms with Crippen LogP contribution in [0.2, 0.25) is 0 Å². The Bertz CT molecular complexity index is 295. The lowest BCUT2D eigenvalue weighted by Gasteiger charge is -2.13. The lowest BCUT2D eigenvalue weighted by atomic mass is 9.94. The van der Waals surface area contributed by atoms with Crippen LogP contribution in [0.4, 0.5) is 0 Å². The molecule has 4 nitrogen and oxygen atoms in total. The molecule has 1 aromatic rings. The van der Waals surface area contributed by atoms with Crippen molar-refractivity contribution in [2.24, 2.45) is 5.73 Å². The topological polar surface area (TPSA) is 74.9 Å². The molecule has 0 fully saturated rings. The van der Waals surface area contributed by atoms with E-state index in [9.17, 15) is 0 Å². The first-order valence-corrected chi connectivity index (χ1v) is 4.75. The summed E-state index contributed by atoms with van der Waals surface area (Å²) in [6.45, 7) is -0.0305. The number of hydrogen-bond acceptors (Lipinski definition) is 3. The van der Waals surface area contributed by atoms with E-state index in [1.165, 1.54) is 24.1 Å². The van der Waals surface area contributed by atoms with Crippen LogP contribution in [0.25, 0.3) is 0 Å². The molecule has 0 spiro atoms. The molecule has 0 radical (unpaired) electrons. The van der Waals surface area contributed by atoms with Gasteiger partial charge in [-0.05, 0) is 31.2 Å². The minimum absolute atomic E-state index is 0.0305. The highest BCUT2D eigenvalue weighted by Crippen LogP contribution is 2.24. The maximum atomic E-state index is 8.93. The summed E-state index contributed by atoms with van der Waals surface area (Å²) < 4.78 is 0. The van der Waals surface area contributed by atoms with E-state index in [-0.39, 0.29) is 12.6 Å². The number of H-pyrrole nitrogens is 1. The maximum Gasteiger partial charge on any atom is 0.0847 e. The Morgan fingerprint density at radius 3 is 3.00 bits per heavy atom. The van der Waals surface area contributed by atoms with E-state index >= 15 is 0 Å². The van der Waals surface area contributed by atoms with Crippen molar-refractivity contribution >= 4 is 0 Å². The zero-order valence-corrected chi connectivity index (χ0v) is 7.58. The van der Waals surface area contributed by atoms with Gasteiger partial charge in [0, 0.05) is 5.69 Å². The quantitative estimate of drug-likeness (QED) is 0.613. The molecule has 1 atom stereocenters. The van der Waals surface area contributed by atoms with Crippen LogP contribution in [0.15, 0.2) is 0 Å². The van der Waals surface area contributed by atoms with Gasteiger partial charge in [0.05, 0.1) is 18.3 Å². The molecule has 0 aliphatic heterocycles. The van der Waals surface area contributed by atoms with E-state index in [1.54, 1.807) is 0 Å². The molecule has 4 N–H and O–H groups in total. The van der Waals surface area contributed by atoms with E-state index in [2.05, 4.69) is 10.2 Å². The molecule has 13 heavy (non-hydrogen) atoms. The number of fused-ring (bicyclic) bond motifs is 1. The first-order valence-electron chi connectivity index (χ1n) is 4.75. The molecule has 1 aliphatic carbocycles. The molecule has 1 heterocycles. The molecule has 72 valence electrons. The fraction of sp³-hybridized carbons (Fsp3) is 0.667. The minimum Gasteiger partial charge on any atom is -0.394 e. The molecular weight excluding hydrogens is 166 g/mol. The van der Waals surface area contributed by atoms with Gasteiger partial charge in [0.1, 0.15) is 0 Å². The molecule has 0 amide bonds. The summed E-state index contributed by atoms with van der Waals surface area (Å²) in [5.41, 5.74) is 9.05. The monoisotopic (exact) mass is 181 g/mol. The highest BCUT2D eigenvalue weighted by molar-refractivity contribution is 5.29. The number of hydrogen-bond donors (Lipinski definition) is 3. The molecule has 0 unspecified atom stereocenters. The molecule has 0 saturated heterocycles. The third-order valence-electron chi connectivity index (χ3n) is 2.64. The van der Waals surface area contributed by atoms with Gasteiger partial charge >= 0.3 is 0 Å². The largest absolute Gasteiger partial charge is 0.394 e. The zero-order valence-electron chi connectivity index (χ0n) is 7.58. The Morgan fingerprint density at radius 1 is 1.46 bits per heavy atom. The summed E-state index contributed by atoms with van der Waals surface area (Å²) >= 11 is 0. The maximum absolute atomic E-state index is 8.93. The van der Waals surface area contributed by atoms with Crippen LogP contribution < -0.4 is 5.73 Å². The van der Waals surface area contributed by atoms with Crippen molar-refractivity contribution in [1.29, 1.82) is 0 Å². The smallest absolute Gasteiger partial charge is 0.0847 e. The Morgan fingerprint density at radius 2 is 2.23 bits per heavy atom. The third kappa shape index (κ3) is 1.47. The lowest BCUT2D eigenvalue weighted by Crippen LogP contribution is -2.17. The van der Waals surface area contributed by atoms with E-state index < -0.39 is 0 Å². The van der Waals surface area contributed by atoms with Gasteiger partial charge in [-0.2, -0.15) is 5.10 Å². The number of aliphatic hydroxyl groups is 1. The standard InChI is InChI=1S/C9H15N3O/c10-7(5-13)9-6-3-1-2-4-8(6)11-12-9/h7,13H,1-5,10H2,(H,11,12)/t7-/m0/s1. The summed E-state index contributed by atoms with van der Waals surface area (Å²) in [6.07, 6.45) is 4.55.